The monoisotopic (exact) mass is 515 g/mol. The van der Waals surface area contributed by atoms with E-state index in [0.29, 0.717) is 36.8 Å². The van der Waals surface area contributed by atoms with Gasteiger partial charge in [0.1, 0.15) is 17.8 Å². The van der Waals surface area contributed by atoms with E-state index in [2.05, 4.69) is 4.98 Å². The Balaban J connectivity index is 1.32. The smallest absolute Gasteiger partial charge is 0.347 e. The van der Waals surface area contributed by atoms with E-state index in [1.807, 2.05) is 48.5 Å². The molecule has 0 atom stereocenters. The van der Waals surface area contributed by atoms with Gasteiger partial charge in [-0.15, -0.1) is 0 Å². The molecule has 0 saturated heterocycles. The van der Waals surface area contributed by atoms with Gasteiger partial charge in [-0.2, -0.15) is 0 Å². The van der Waals surface area contributed by atoms with Crippen LogP contribution in [0.25, 0.3) is 22.6 Å². The molecule has 0 aliphatic carbocycles. The summed E-state index contributed by atoms with van der Waals surface area (Å²) in [5.41, 5.74) is 3.31. The molecular formula is C30H29NO7. The number of benzene rings is 3. The van der Waals surface area contributed by atoms with E-state index in [1.165, 1.54) is 13.8 Å². The second-order valence-electron chi connectivity index (χ2n) is 9.30. The van der Waals surface area contributed by atoms with Gasteiger partial charge in [-0.1, -0.05) is 36.4 Å². The summed E-state index contributed by atoms with van der Waals surface area (Å²) in [4.78, 5) is 26.6. The van der Waals surface area contributed by atoms with E-state index >= 15 is 0 Å². The topological polar surface area (TPSA) is 119 Å². The molecule has 3 aromatic carbocycles. The average molecular weight is 516 g/mol. The molecule has 2 N–H and O–H groups in total. The van der Waals surface area contributed by atoms with Crippen LogP contribution in [0.4, 0.5) is 0 Å². The lowest BCUT2D eigenvalue weighted by atomic mass is 10.0. The number of aromatic nitrogens is 1. The molecule has 4 aromatic rings. The van der Waals surface area contributed by atoms with Gasteiger partial charge < -0.3 is 24.1 Å². The molecule has 0 radical (unpaired) electrons. The van der Waals surface area contributed by atoms with Gasteiger partial charge in [0.15, 0.2) is 5.60 Å². The number of ether oxygens (including phenoxy) is 2. The van der Waals surface area contributed by atoms with Gasteiger partial charge in [-0.25, -0.2) is 9.78 Å². The molecule has 0 bridgehead atoms. The largest absolute Gasteiger partial charge is 0.493 e. The van der Waals surface area contributed by atoms with Gasteiger partial charge in [-0.3, -0.25) is 4.79 Å². The van der Waals surface area contributed by atoms with Crippen LogP contribution in [0.1, 0.15) is 31.5 Å². The molecule has 4 rings (SSSR count). The molecule has 0 unspecified atom stereocenters. The van der Waals surface area contributed by atoms with Crippen LogP contribution in [0.5, 0.6) is 11.5 Å². The van der Waals surface area contributed by atoms with Crippen molar-refractivity contribution in [1.82, 2.24) is 4.98 Å². The van der Waals surface area contributed by atoms with Crippen LogP contribution in [0.3, 0.4) is 0 Å². The van der Waals surface area contributed by atoms with Crippen molar-refractivity contribution in [2.24, 2.45) is 0 Å². The van der Waals surface area contributed by atoms with Crippen molar-refractivity contribution < 1.29 is 33.7 Å². The second kappa shape index (κ2) is 11.6. The summed E-state index contributed by atoms with van der Waals surface area (Å²) in [5.74, 6) is -0.248. The highest BCUT2D eigenvalue weighted by Gasteiger charge is 2.29. The van der Waals surface area contributed by atoms with Crippen molar-refractivity contribution in [2.45, 2.75) is 38.7 Å². The Kier molecular flexibility index (Phi) is 8.11. The Morgan fingerprint density at radius 2 is 1.55 bits per heavy atom. The van der Waals surface area contributed by atoms with E-state index in [4.69, 9.17) is 19.0 Å². The fourth-order valence-electron chi connectivity index (χ4n) is 3.72. The molecule has 0 aliphatic heterocycles. The van der Waals surface area contributed by atoms with Gasteiger partial charge in [0, 0.05) is 18.4 Å². The zero-order valence-electron chi connectivity index (χ0n) is 21.2. The van der Waals surface area contributed by atoms with Gasteiger partial charge in [-0.05, 0) is 73.4 Å². The summed E-state index contributed by atoms with van der Waals surface area (Å²) < 4.78 is 17.0. The lowest BCUT2D eigenvalue weighted by molar-refractivity contribution is -0.152. The molecule has 0 fully saturated rings. The van der Waals surface area contributed by atoms with Crippen LogP contribution in [0.15, 0.2) is 83.5 Å². The fourth-order valence-corrected chi connectivity index (χ4v) is 3.72. The minimum Gasteiger partial charge on any atom is -0.493 e. The van der Waals surface area contributed by atoms with Crippen LogP contribution >= 0.6 is 0 Å². The van der Waals surface area contributed by atoms with Crippen LogP contribution in [0.2, 0.25) is 0 Å². The summed E-state index contributed by atoms with van der Waals surface area (Å²) in [6, 6.07) is 22.6. The molecule has 0 aliphatic rings. The van der Waals surface area contributed by atoms with Gasteiger partial charge in [0.25, 0.3) is 0 Å². The number of hydrogen-bond acceptors (Lipinski definition) is 6. The maximum Gasteiger partial charge on any atom is 0.347 e. The minimum absolute atomic E-state index is 0.112. The van der Waals surface area contributed by atoms with Gasteiger partial charge >= 0.3 is 11.9 Å². The van der Waals surface area contributed by atoms with E-state index in [0.717, 1.165) is 27.9 Å². The number of carboxylic acids is 2. The highest BCUT2D eigenvalue weighted by molar-refractivity contribution is 5.76. The fraction of sp³-hybridized carbons (Fsp3) is 0.233. The number of rotatable bonds is 12. The normalized spacial score (nSPS) is 11.2. The lowest BCUT2D eigenvalue weighted by Crippen LogP contribution is -2.37. The third-order valence-electron chi connectivity index (χ3n) is 5.91. The number of carbonyl (C=O) groups is 2. The van der Waals surface area contributed by atoms with Crippen molar-refractivity contribution in [3.8, 4) is 34.1 Å². The summed E-state index contributed by atoms with van der Waals surface area (Å²) in [6.45, 7) is 3.37. The molecule has 8 nitrogen and oxygen atoms in total. The number of hydrogen-bond donors (Lipinski definition) is 2. The van der Waals surface area contributed by atoms with Crippen LogP contribution in [-0.2, 0) is 22.4 Å². The third-order valence-corrected chi connectivity index (χ3v) is 5.91. The SMILES string of the molecule is CC(C)(Oc1ccc(OCCc2coc(-c3cccc(-c4ccc(CCC(=O)O)cc4)c3)n2)cc1)C(=O)O. The van der Waals surface area contributed by atoms with Crippen LogP contribution in [-0.4, -0.2) is 39.3 Å². The summed E-state index contributed by atoms with van der Waals surface area (Å²) >= 11 is 0. The Bertz CT molecular complexity index is 1390. The first-order valence-electron chi connectivity index (χ1n) is 12.2. The molecule has 0 saturated carbocycles. The molecule has 38 heavy (non-hydrogen) atoms. The number of carboxylic acid groups (broad SMARTS) is 2. The predicted octanol–water partition coefficient (Wildman–Crippen LogP) is 5.89. The van der Waals surface area contributed by atoms with Crippen molar-refractivity contribution >= 4 is 11.9 Å². The average Bonchev–Trinajstić information content (AvgIpc) is 3.38. The molecule has 1 heterocycles. The quantitative estimate of drug-likeness (QED) is 0.240. The van der Waals surface area contributed by atoms with Gasteiger partial charge in [0.2, 0.25) is 5.89 Å². The minimum atomic E-state index is -1.32. The van der Waals surface area contributed by atoms with Crippen molar-refractivity contribution in [3.05, 3.63) is 90.3 Å². The Morgan fingerprint density at radius 1 is 0.868 bits per heavy atom. The van der Waals surface area contributed by atoms with E-state index < -0.39 is 17.5 Å². The third kappa shape index (κ3) is 7.00. The molecule has 8 heteroatoms. The summed E-state index contributed by atoms with van der Waals surface area (Å²) in [5, 5.41) is 18.0. The Hall–Kier alpha value is -4.59. The highest BCUT2D eigenvalue weighted by atomic mass is 16.5. The zero-order valence-corrected chi connectivity index (χ0v) is 21.2. The van der Waals surface area contributed by atoms with E-state index in [-0.39, 0.29) is 6.42 Å². The first-order valence-corrected chi connectivity index (χ1v) is 12.2. The number of oxazole rings is 1. The predicted molar refractivity (Wildman–Crippen MR) is 141 cm³/mol. The van der Waals surface area contributed by atoms with E-state index in [9.17, 15) is 14.7 Å². The van der Waals surface area contributed by atoms with Crippen molar-refractivity contribution in [2.75, 3.05) is 6.61 Å². The molecule has 1 aromatic heterocycles. The highest BCUT2D eigenvalue weighted by Crippen LogP contribution is 2.27. The Morgan fingerprint density at radius 3 is 2.24 bits per heavy atom. The maximum absolute atomic E-state index is 11.2. The number of aryl methyl sites for hydroxylation is 1. The second-order valence-corrected chi connectivity index (χ2v) is 9.30. The maximum atomic E-state index is 11.2. The molecule has 0 amide bonds. The number of aliphatic carboxylic acids is 2. The van der Waals surface area contributed by atoms with E-state index in [1.54, 1.807) is 30.5 Å². The first-order chi connectivity index (χ1) is 18.2. The zero-order chi connectivity index (χ0) is 27.1. The Labute approximate surface area is 220 Å². The summed E-state index contributed by atoms with van der Waals surface area (Å²) in [7, 11) is 0. The molecule has 196 valence electrons. The molecular weight excluding hydrogens is 486 g/mol. The first kappa shape index (κ1) is 26.5. The summed E-state index contributed by atoms with van der Waals surface area (Å²) in [6.07, 6.45) is 2.78. The van der Waals surface area contributed by atoms with Crippen LogP contribution in [0, 0.1) is 0 Å². The molecule has 0 spiro atoms. The number of nitrogens with zero attached hydrogens (tertiary/aromatic N) is 1. The lowest BCUT2D eigenvalue weighted by Gasteiger charge is -2.21. The van der Waals surface area contributed by atoms with Crippen molar-refractivity contribution in [1.29, 1.82) is 0 Å². The standard InChI is InChI=1S/C30H29NO7/c1-30(2,29(34)35)38-26-13-11-25(12-14-26)36-17-16-24-19-37-28(31-24)23-5-3-4-22(18-23)21-9-6-20(7-10-21)8-15-27(32)33/h3-7,9-14,18-19H,8,15-17H2,1-2H3,(H,32,33)(H,34,35). The van der Waals surface area contributed by atoms with Crippen molar-refractivity contribution in [3.63, 3.8) is 0 Å². The van der Waals surface area contributed by atoms with Gasteiger partial charge in [0.05, 0.1) is 12.3 Å². The van der Waals surface area contributed by atoms with Crippen LogP contribution < -0.4 is 9.47 Å².